The van der Waals surface area contributed by atoms with Gasteiger partial charge in [-0.15, -0.1) is 35.7 Å². The molecule has 7 rings (SSSR count). The van der Waals surface area contributed by atoms with Crippen molar-refractivity contribution in [3.63, 3.8) is 0 Å². The molecule has 52 heavy (non-hydrogen) atoms. The first-order valence-corrected chi connectivity index (χ1v) is 18.8. The van der Waals surface area contributed by atoms with Crippen molar-refractivity contribution < 1.29 is 30.5 Å². The van der Waals surface area contributed by atoms with E-state index in [0.717, 1.165) is 83.1 Å². The first-order chi connectivity index (χ1) is 24.8. The molecule has 3 aromatic heterocycles. The zero-order chi connectivity index (χ0) is 35.6. The van der Waals surface area contributed by atoms with E-state index in [4.69, 9.17) is 19.6 Å². The van der Waals surface area contributed by atoms with Gasteiger partial charge in [0, 0.05) is 46.5 Å². The number of ether oxygens (including phenoxy) is 2. The van der Waals surface area contributed by atoms with E-state index >= 15 is 0 Å². The van der Waals surface area contributed by atoms with Gasteiger partial charge in [-0.1, -0.05) is 82.8 Å². The predicted octanol–water partition coefficient (Wildman–Crippen LogP) is 11.5. The Hall–Kier alpha value is -4.15. The molecule has 1 aliphatic rings. The van der Waals surface area contributed by atoms with Crippen LogP contribution in [-0.4, -0.2) is 26.4 Å². The van der Waals surface area contributed by atoms with Crippen LogP contribution >= 0.6 is 0 Å². The van der Waals surface area contributed by atoms with Gasteiger partial charge >= 0.3 is 21.1 Å². The Morgan fingerprint density at radius 3 is 2.44 bits per heavy atom. The molecular weight excluding hydrogens is 824 g/mol. The van der Waals surface area contributed by atoms with Gasteiger partial charge < -0.3 is 14.0 Å². The Labute approximate surface area is 323 Å². The van der Waals surface area contributed by atoms with E-state index < -0.39 is 0 Å². The van der Waals surface area contributed by atoms with Gasteiger partial charge in [-0.2, -0.15) is 16.7 Å². The fourth-order valence-corrected chi connectivity index (χ4v) is 8.26. The van der Waals surface area contributed by atoms with Crippen LogP contribution in [0.2, 0.25) is 0 Å². The first-order valence-electron chi connectivity index (χ1n) is 18.8. The van der Waals surface area contributed by atoms with Gasteiger partial charge in [0.2, 0.25) is 0 Å². The Kier molecular flexibility index (Phi) is 11.7. The molecule has 3 aromatic carbocycles. The molecule has 0 fully saturated rings. The van der Waals surface area contributed by atoms with Crippen molar-refractivity contribution in [2.75, 3.05) is 7.11 Å². The topological polar surface area (TPSA) is 54.1 Å². The van der Waals surface area contributed by atoms with Crippen molar-refractivity contribution in [1.82, 2.24) is 19.3 Å². The number of fused-ring (bicyclic) bond motifs is 3. The van der Waals surface area contributed by atoms with Gasteiger partial charge in [-0.25, -0.2) is 4.98 Å². The summed E-state index contributed by atoms with van der Waals surface area (Å²) in [5.41, 5.74) is 9.48. The maximum atomic E-state index is 6.63. The van der Waals surface area contributed by atoms with E-state index in [1.54, 1.807) is 13.3 Å². The summed E-state index contributed by atoms with van der Waals surface area (Å²) in [6.07, 6.45) is 12.0. The zero-order valence-electron chi connectivity index (χ0n) is 31.5. The van der Waals surface area contributed by atoms with Crippen molar-refractivity contribution in [3.05, 3.63) is 113 Å². The number of pyridine rings is 1. The van der Waals surface area contributed by atoms with Gasteiger partial charge in [0.15, 0.2) is 0 Å². The third-order valence-corrected chi connectivity index (χ3v) is 10.5. The summed E-state index contributed by atoms with van der Waals surface area (Å²) in [6, 6.07) is 27.7. The number of unbranched alkanes of at least 4 members (excludes halogenated alkanes) is 2. The van der Waals surface area contributed by atoms with Crippen LogP contribution in [0.5, 0.6) is 17.2 Å². The van der Waals surface area contributed by atoms with Crippen LogP contribution < -0.4 is 9.47 Å². The Balaban J connectivity index is 0.00000464. The fraction of sp³-hybridized carbons (Fsp3) is 0.378. The molecule has 0 amide bonds. The van der Waals surface area contributed by atoms with Gasteiger partial charge in [-0.3, -0.25) is 4.68 Å². The number of hydrogen-bond donors (Lipinski definition) is 0. The number of hydrogen-bond acceptors (Lipinski definition) is 4. The molecule has 0 radical (unpaired) electrons. The van der Waals surface area contributed by atoms with E-state index in [9.17, 15) is 0 Å². The van der Waals surface area contributed by atoms with Crippen molar-refractivity contribution in [2.45, 2.75) is 92.4 Å². The minimum Gasteiger partial charge on any atom is -0.509 e. The molecule has 6 nitrogen and oxygen atoms in total. The van der Waals surface area contributed by atoms with E-state index in [-0.39, 0.29) is 21.1 Å². The van der Waals surface area contributed by atoms with E-state index in [2.05, 4.69) is 105 Å². The summed E-state index contributed by atoms with van der Waals surface area (Å²) >= 11 is 0. The molecule has 272 valence electrons. The van der Waals surface area contributed by atoms with Crippen molar-refractivity contribution in [2.24, 2.45) is 11.8 Å². The number of aromatic nitrogens is 4. The van der Waals surface area contributed by atoms with Crippen molar-refractivity contribution >= 4 is 21.8 Å². The minimum atomic E-state index is 0. The summed E-state index contributed by atoms with van der Waals surface area (Å²) < 4.78 is 16.5. The number of aryl methyl sites for hydroxylation is 2. The van der Waals surface area contributed by atoms with Crippen LogP contribution in [0.4, 0.5) is 0 Å². The van der Waals surface area contributed by atoms with Crippen molar-refractivity contribution in [1.29, 1.82) is 0 Å². The summed E-state index contributed by atoms with van der Waals surface area (Å²) in [6.45, 7) is 13.8. The average molecular weight is 874 g/mol. The van der Waals surface area contributed by atoms with Crippen LogP contribution in [0.1, 0.15) is 95.2 Å². The monoisotopic (exact) mass is 873 g/mol. The number of rotatable bonds is 12. The second kappa shape index (κ2) is 16.2. The second-order valence-corrected chi connectivity index (χ2v) is 14.5. The number of benzene rings is 3. The third kappa shape index (κ3) is 7.37. The van der Waals surface area contributed by atoms with E-state index in [1.165, 1.54) is 28.9 Å². The molecule has 6 aromatic rings. The summed E-state index contributed by atoms with van der Waals surface area (Å²) in [5, 5.41) is 7.63. The fourth-order valence-electron chi connectivity index (χ4n) is 8.26. The molecule has 3 atom stereocenters. The molecule has 0 N–H and O–H groups in total. The number of methoxy groups -OCH3 is 1. The maximum absolute atomic E-state index is 6.63. The summed E-state index contributed by atoms with van der Waals surface area (Å²) in [7, 11) is 1.67. The average Bonchev–Trinajstić information content (AvgIpc) is 3.64. The SMILES string of the molecule is CCCCc1nn(-c2[c-]c(Oc3[c-]c4c(cc3)c3ccccc3n4-c3cc(OC)ccn3)cc(C)c2)c(CCCC)c1C1C(C)=C[C@H](C)C[C@@H]1C.[Pt+2]. The molecule has 7 heteroatoms. The first kappa shape index (κ1) is 37.6. The molecule has 1 unspecified atom stereocenters. The summed E-state index contributed by atoms with van der Waals surface area (Å²) in [5.74, 6) is 4.34. The third-order valence-electron chi connectivity index (χ3n) is 10.5. The van der Waals surface area contributed by atoms with Crippen LogP contribution in [0, 0.1) is 30.9 Å². The molecule has 0 saturated carbocycles. The smallest absolute Gasteiger partial charge is 0.509 e. The molecule has 0 aliphatic heterocycles. The van der Waals surface area contributed by atoms with E-state index in [0.29, 0.717) is 29.3 Å². The Morgan fingerprint density at radius 2 is 1.67 bits per heavy atom. The quantitative estimate of drug-likeness (QED) is 0.0908. The van der Waals surface area contributed by atoms with Gasteiger partial charge in [0.05, 0.1) is 12.8 Å². The Bertz CT molecular complexity index is 2210. The van der Waals surface area contributed by atoms with Gasteiger partial charge in [0.25, 0.3) is 0 Å². The molecule has 0 spiro atoms. The Morgan fingerprint density at radius 1 is 0.885 bits per heavy atom. The maximum Gasteiger partial charge on any atom is 2.00 e. The van der Waals surface area contributed by atoms with Crippen LogP contribution in [0.15, 0.2) is 78.5 Å². The molecule has 0 saturated heterocycles. The van der Waals surface area contributed by atoms with Crippen LogP contribution in [0.25, 0.3) is 33.3 Å². The van der Waals surface area contributed by atoms with Crippen LogP contribution in [-0.2, 0) is 33.9 Å². The summed E-state index contributed by atoms with van der Waals surface area (Å²) in [4.78, 5) is 4.71. The zero-order valence-corrected chi connectivity index (χ0v) is 33.8. The largest absolute Gasteiger partial charge is 2.00 e. The van der Waals surface area contributed by atoms with Crippen molar-refractivity contribution in [3.8, 4) is 28.8 Å². The van der Waals surface area contributed by atoms with Gasteiger partial charge in [0.1, 0.15) is 11.6 Å². The molecular formula is C45H50N4O2Pt. The van der Waals surface area contributed by atoms with Crippen LogP contribution in [0.3, 0.4) is 0 Å². The second-order valence-electron chi connectivity index (χ2n) is 14.5. The number of allylic oxidation sites excluding steroid dienone is 2. The van der Waals surface area contributed by atoms with E-state index in [1.807, 2.05) is 24.3 Å². The normalized spacial score (nSPS) is 17.3. The predicted molar refractivity (Wildman–Crippen MR) is 208 cm³/mol. The van der Waals surface area contributed by atoms with Gasteiger partial charge in [-0.05, 0) is 74.1 Å². The minimum absolute atomic E-state index is 0. The number of para-hydroxylation sites is 1. The molecule has 1 aliphatic carbocycles. The number of nitrogens with zero attached hydrogens (tertiary/aromatic N) is 4. The molecule has 0 bridgehead atoms. The molecule has 3 heterocycles. The standard InChI is InChI=1S/C45H50N4O2.Pt/c1-8-10-15-39-45(44-31(5)22-29(3)23-32(44)6)41(16-11-9-2)49(47-39)33-24-30(4)25-36(26-33)51-35-18-19-38-37-14-12-13-17-40(37)48(42(38)27-35)43-28-34(50-7)20-21-46-43;/h12-14,17-22,24-25,28-29,32,44H,8-11,15-16,23H2,1-7H3;/q-2;+2/t29-,32-,44?;/m0./s1.